The maximum Gasteiger partial charge on any atom is 0.268 e. The van der Waals surface area contributed by atoms with Gasteiger partial charge in [0.25, 0.3) is 5.91 Å². The van der Waals surface area contributed by atoms with Crippen LogP contribution in [-0.4, -0.2) is 49.1 Å². The predicted molar refractivity (Wildman–Crippen MR) is 131 cm³/mol. The fourth-order valence-electron chi connectivity index (χ4n) is 5.35. The van der Waals surface area contributed by atoms with Crippen LogP contribution in [0.4, 0.5) is 5.95 Å². The van der Waals surface area contributed by atoms with E-state index in [1.807, 2.05) is 53.6 Å². The van der Waals surface area contributed by atoms with Gasteiger partial charge in [0.15, 0.2) is 0 Å². The molecule has 1 spiro atoms. The zero-order valence-corrected chi connectivity index (χ0v) is 19.4. The van der Waals surface area contributed by atoms with Crippen LogP contribution in [-0.2, 0) is 4.79 Å². The van der Waals surface area contributed by atoms with Gasteiger partial charge in [0.2, 0.25) is 11.9 Å². The summed E-state index contributed by atoms with van der Waals surface area (Å²) in [5.74, 6) is 0.390. The molecule has 4 heterocycles. The number of nitrogens with zero attached hydrogens (tertiary/aromatic N) is 5. The van der Waals surface area contributed by atoms with Crippen LogP contribution >= 0.6 is 11.3 Å². The number of imidazole rings is 1. The molecule has 0 radical (unpaired) electrons. The number of nitrogens with one attached hydrogen (secondary N) is 1. The summed E-state index contributed by atoms with van der Waals surface area (Å²) in [6, 6.07) is 13.8. The number of para-hydroxylation sites is 2. The number of amides is 2. The van der Waals surface area contributed by atoms with Crippen molar-refractivity contribution in [2.75, 3.05) is 18.4 Å². The van der Waals surface area contributed by atoms with Crippen molar-refractivity contribution in [1.29, 1.82) is 0 Å². The van der Waals surface area contributed by atoms with Crippen molar-refractivity contribution in [3.8, 4) is 5.00 Å². The van der Waals surface area contributed by atoms with Crippen LogP contribution < -0.4 is 5.32 Å². The molecule has 1 saturated heterocycles. The molecule has 172 valence electrons. The largest absolute Gasteiger partial charge is 0.339 e. The van der Waals surface area contributed by atoms with Gasteiger partial charge in [-0.25, -0.2) is 9.67 Å². The first kappa shape index (κ1) is 20.9. The third kappa shape index (κ3) is 3.43. The molecule has 2 aliphatic rings. The number of anilines is 1. The quantitative estimate of drug-likeness (QED) is 0.440. The Morgan fingerprint density at radius 2 is 2.03 bits per heavy atom. The van der Waals surface area contributed by atoms with Gasteiger partial charge in [0, 0.05) is 31.5 Å². The van der Waals surface area contributed by atoms with Crippen molar-refractivity contribution >= 4 is 40.1 Å². The first-order chi connectivity index (χ1) is 16.5. The van der Waals surface area contributed by atoms with E-state index in [9.17, 15) is 9.59 Å². The highest BCUT2D eigenvalue weighted by Crippen LogP contribution is 2.55. The van der Waals surface area contributed by atoms with Gasteiger partial charge in [0.05, 0.1) is 15.9 Å². The van der Waals surface area contributed by atoms with E-state index in [1.165, 1.54) is 17.4 Å². The maximum absolute atomic E-state index is 13.1. The van der Waals surface area contributed by atoms with Crippen LogP contribution in [0.15, 0.2) is 67.5 Å². The first-order valence-electron chi connectivity index (χ1n) is 11.3. The number of fused-ring (bicyclic) bond motifs is 1. The lowest BCUT2D eigenvalue weighted by molar-refractivity contribution is -0.125. The Kier molecular flexibility index (Phi) is 4.88. The molecule has 34 heavy (non-hydrogen) atoms. The maximum atomic E-state index is 13.1. The van der Waals surface area contributed by atoms with Crippen molar-refractivity contribution in [2.45, 2.75) is 25.3 Å². The number of aromatic nitrogens is 4. The van der Waals surface area contributed by atoms with Crippen LogP contribution in [0.3, 0.4) is 0 Å². The highest BCUT2D eigenvalue weighted by molar-refractivity contribution is 7.16. The van der Waals surface area contributed by atoms with E-state index < -0.39 is 0 Å². The van der Waals surface area contributed by atoms with Gasteiger partial charge in [-0.3, -0.25) is 14.9 Å². The van der Waals surface area contributed by atoms with Crippen molar-refractivity contribution in [3.63, 3.8) is 0 Å². The Morgan fingerprint density at radius 1 is 1.18 bits per heavy atom. The Hall–Kier alpha value is -3.72. The zero-order chi connectivity index (χ0) is 23.3. The van der Waals surface area contributed by atoms with Gasteiger partial charge < -0.3 is 9.47 Å². The molecular formula is C25H24N6O2S. The van der Waals surface area contributed by atoms with Gasteiger partial charge in [-0.1, -0.05) is 18.7 Å². The van der Waals surface area contributed by atoms with Gasteiger partial charge in [-0.2, -0.15) is 5.10 Å². The second-order valence-electron chi connectivity index (χ2n) is 9.11. The van der Waals surface area contributed by atoms with Crippen LogP contribution in [0, 0.1) is 5.41 Å². The Balaban J connectivity index is 1.25. The Labute approximate surface area is 200 Å². The fourth-order valence-corrected chi connectivity index (χ4v) is 6.19. The molecule has 2 fully saturated rings. The van der Waals surface area contributed by atoms with Crippen molar-refractivity contribution in [2.24, 2.45) is 5.41 Å². The van der Waals surface area contributed by atoms with Gasteiger partial charge in [-0.05, 0) is 61.1 Å². The highest BCUT2D eigenvalue weighted by atomic mass is 32.1. The molecule has 9 heteroatoms. The van der Waals surface area contributed by atoms with E-state index in [0.29, 0.717) is 10.8 Å². The minimum absolute atomic E-state index is 0.00628. The Bertz CT molecular complexity index is 1400. The number of carbonyl (C=O) groups is 2. The molecule has 0 atom stereocenters. The summed E-state index contributed by atoms with van der Waals surface area (Å²) in [5, 5.41) is 8.17. The van der Waals surface area contributed by atoms with Crippen molar-refractivity contribution in [1.82, 2.24) is 24.2 Å². The van der Waals surface area contributed by atoms with E-state index >= 15 is 0 Å². The number of likely N-dealkylation sites (tertiary alicyclic amines) is 1. The standard InChI is InChI=1S/C25H24N6O2S/c1-2-21(32)29-13-10-25(16-29)14-17(15-25)31-19-7-4-3-6-18(19)27-24(31)28-23(33)20-8-9-22(34-20)30-12-5-11-26-30/h2-9,11-12,17H,1,10,13-16H2,(H,27,28,33)/t17-,25-. The molecule has 1 aliphatic carbocycles. The summed E-state index contributed by atoms with van der Waals surface area (Å²) in [6.45, 7) is 5.17. The lowest BCUT2D eigenvalue weighted by Crippen LogP contribution is -2.42. The summed E-state index contributed by atoms with van der Waals surface area (Å²) in [4.78, 5) is 32.4. The topological polar surface area (TPSA) is 85.0 Å². The monoisotopic (exact) mass is 472 g/mol. The summed E-state index contributed by atoms with van der Waals surface area (Å²) in [7, 11) is 0. The fraction of sp³-hybridized carbons (Fsp3) is 0.280. The summed E-state index contributed by atoms with van der Waals surface area (Å²) >= 11 is 1.39. The van der Waals surface area contributed by atoms with Crippen molar-refractivity contribution < 1.29 is 9.59 Å². The Morgan fingerprint density at radius 3 is 2.82 bits per heavy atom. The normalized spacial score (nSPS) is 21.6. The third-order valence-electron chi connectivity index (χ3n) is 6.99. The van der Waals surface area contributed by atoms with E-state index in [4.69, 9.17) is 4.98 Å². The number of hydrogen-bond acceptors (Lipinski definition) is 5. The molecule has 1 saturated carbocycles. The van der Waals surface area contributed by atoms with Crippen LogP contribution in [0.1, 0.15) is 35.0 Å². The molecule has 1 aliphatic heterocycles. The molecule has 4 aromatic rings. The second-order valence-corrected chi connectivity index (χ2v) is 10.2. The van der Waals surface area contributed by atoms with Crippen molar-refractivity contribution in [3.05, 3.63) is 72.4 Å². The lowest BCUT2D eigenvalue weighted by atomic mass is 9.65. The van der Waals surface area contributed by atoms with E-state index in [-0.39, 0.29) is 23.3 Å². The first-order valence-corrected chi connectivity index (χ1v) is 12.2. The zero-order valence-electron chi connectivity index (χ0n) is 18.6. The van der Waals surface area contributed by atoms with Gasteiger partial charge in [0.1, 0.15) is 5.00 Å². The molecule has 8 nitrogen and oxygen atoms in total. The lowest BCUT2D eigenvalue weighted by Gasteiger charge is -2.46. The molecule has 1 aromatic carbocycles. The van der Waals surface area contributed by atoms with E-state index in [2.05, 4.69) is 21.6 Å². The SMILES string of the molecule is C=CC(=O)N1CC[C@]2(C1)C[C@H](n1c(NC(=O)c3ccc(-n4cccn4)s3)nc3ccccc31)C2. The average Bonchev–Trinajstić information content (AvgIpc) is 3.62. The van der Waals surface area contributed by atoms with Crippen LogP contribution in [0.25, 0.3) is 16.0 Å². The van der Waals surface area contributed by atoms with Gasteiger partial charge >= 0.3 is 0 Å². The predicted octanol–water partition coefficient (Wildman–Crippen LogP) is 4.28. The second kappa shape index (κ2) is 7.95. The number of benzene rings is 1. The molecule has 0 bridgehead atoms. The smallest absolute Gasteiger partial charge is 0.268 e. The number of hydrogen-bond donors (Lipinski definition) is 1. The van der Waals surface area contributed by atoms with Crippen LogP contribution in [0.2, 0.25) is 0 Å². The number of carbonyl (C=O) groups excluding carboxylic acids is 2. The summed E-state index contributed by atoms with van der Waals surface area (Å²) in [5.41, 5.74) is 2.01. The van der Waals surface area contributed by atoms with E-state index in [0.717, 1.165) is 48.4 Å². The van der Waals surface area contributed by atoms with Gasteiger partial charge in [-0.15, -0.1) is 11.3 Å². The minimum atomic E-state index is -0.183. The number of rotatable bonds is 5. The number of thiophene rings is 1. The molecule has 2 amide bonds. The summed E-state index contributed by atoms with van der Waals surface area (Å²) < 4.78 is 3.91. The molecule has 6 rings (SSSR count). The molecule has 1 N–H and O–H groups in total. The highest BCUT2D eigenvalue weighted by Gasteiger charge is 2.50. The minimum Gasteiger partial charge on any atom is -0.339 e. The molecule has 0 unspecified atom stereocenters. The third-order valence-corrected chi connectivity index (χ3v) is 8.07. The summed E-state index contributed by atoms with van der Waals surface area (Å²) in [6.07, 6.45) is 7.88. The molecule has 3 aromatic heterocycles. The molecular weight excluding hydrogens is 448 g/mol. The average molecular weight is 473 g/mol. The van der Waals surface area contributed by atoms with Crippen LogP contribution in [0.5, 0.6) is 0 Å². The van der Waals surface area contributed by atoms with E-state index in [1.54, 1.807) is 10.9 Å².